The van der Waals surface area contributed by atoms with Gasteiger partial charge in [0.15, 0.2) is 0 Å². The predicted octanol–water partition coefficient (Wildman–Crippen LogP) is 3.46. The lowest BCUT2D eigenvalue weighted by Crippen LogP contribution is -1.95. The molecule has 0 N–H and O–H groups in total. The van der Waals surface area contributed by atoms with E-state index in [4.69, 9.17) is 8.83 Å². The van der Waals surface area contributed by atoms with E-state index >= 15 is 0 Å². The molecule has 0 bridgehead atoms. The van der Waals surface area contributed by atoms with Crippen molar-refractivity contribution in [1.29, 1.82) is 0 Å². The van der Waals surface area contributed by atoms with Gasteiger partial charge in [0.25, 0.3) is 0 Å². The van der Waals surface area contributed by atoms with Gasteiger partial charge in [-0.15, -0.1) is 0 Å². The maximum absolute atomic E-state index is 11.2. The van der Waals surface area contributed by atoms with E-state index in [2.05, 4.69) is 0 Å². The van der Waals surface area contributed by atoms with Crippen molar-refractivity contribution in [2.45, 2.75) is 20.8 Å². The van der Waals surface area contributed by atoms with Crippen LogP contribution in [0, 0.1) is 20.8 Å². The van der Waals surface area contributed by atoms with Crippen LogP contribution < -0.4 is 5.63 Å². The Balaban J connectivity index is 2.61. The molecule has 0 aliphatic heterocycles. The van der Waals surface area contributed by atoms with Gasteiger partial charge in [-0.25, -0.2) is 4.79 Å². The van der Waals surface area contributed by atoms with Crippen LogP contribution in [0.4, 0.5) is 0 Å². The lowest BCUT2D eigenvalue weighted by atomic mass is 10.1. The van der Waals surface area contributed by atoms with E-state index in [9.17, 15) is 4.79 Å². The zero-order valence-corrected chi connectivity index (χ0v) is 9.96. The van der Waals surface area contributed by atoms with Crippen LogP contribution >= 0.6 is 0 Å². The van der Waals surface area contributed by atoms with E-state index in [1.54, 1.807) is 6.07 Å². The monoisotopic (exact) mass is 228 g/mol. The lowest BCUT2D eigenvalue weighted by molar-refractivity contribution is 0.552. The van der Waals surface area contributed by atoms with E-state index in [0.29, 0.717) is 5.58 Å². The Morgan fingerprint density at radius 3 is 2.47 bits per heavy atom. The Hall–Kier alpha value is -2.03. The second-order valence-corrected chi connectivity index (χ2v) is 4.33. The normalized spacial score (nSPS) is 11.5. The molecule has 3 rings (SSSR count). The first kappa shape index (κ1) is 10.1. The van der Waals surface area contributed by atoms with Crippen molar-refractivity contribution in [2.24, 2.45) is 0 Å². The van der Waals surface area contributed by atoms with Gasteiger partial charge in [-0.1, -0.05) is 0 Å². The second kappa shape index (κ2) is 3.23. The third-order valence-electron chi connectivity index (χ3n) is 3.28. The second-order valence-electron chi connectivity index (χ2n) is 4.33. The van der Waals surface area contributed by atoms with Gasteiger partial charge in [0.2, 0.25) is 0 Å². The topological polar surface area (TPSA) is 43.4 Å². The lowest BCUT2D eigenvalue weighted by Gasteiger charge is -2.01. The molecular weight excluding hydrogens is 216 g/mol. The van der Waals surface area contributed by atoms with Crippen LogP contribution in [0.2, 0.25) is 0 Å². The summed E-state index contributed by atoms with van der Waals surface area (Å²) in [6.45, 7) is 5.89. The number of aryl methyl sites for hydroxylation is 3. The zero-order valence-electron chi connectivity index (χ0n) is 9.96. The van der Waals surface area contributed by atoms with E-state index in [-0.39, 0.29) is 5.63 Å². The fraction of sp³-hybridized carbons (Fsp3) is 0.214. The molecule has 2 aromatic heterocycles. The molecule has 0 radical (unpaired) electrons. The number of hydrogen-bond donors (Lipinski definition) is 0. The molecule has 0 saturated heterocycles. The van der Waals surface area contributed by atoms with E-state index in [1.165, 1.54) is 6.07 Å². The smallest absolute Gasteiger partial charge is 0.336 e. The van der Waals surface area contributed by atoms with Crippen LogP contribution in [0.15, 0.2) is 31.8 Å². The van der Waals surface area contributed by atoms with Crippen LogP contribution in [0.1, 0.15) is 16.9 Å². The van der Waals surface area contributed by atoms with Crippen molar-refractivity contribution in [3.05, 3.63) is 45.5 Å². The van der Waals surface area contributed by atoms with Crippen molar-refractivity contribution in [3.8, 4) is 0 Å². The maximum atomic E-state index is 11.2. The number of rotatable bonds is 0. The molecule has 0 amide bonds. The van der Waals surface area contributed by atoms with Crippen molar-refractivity contribution in [3.63, 3.8) is 0 Å². The molecule has 3 nitrogen and oxygen atoms in total. The Bertz CT molecular complexity index is 790. The maximum Gasteiger partial charge on any atom is 0.336 e. The SMILES string of the molecule is Cc1oc2c(C)c3oc(=O)ccc3cc2c1C. The molecule has 0 fully saturated rings. The Morgan fingerprint density at radius 2 is 1.71 bits per heavy atom. The van der Waals surface area contributed by atoms with Crippen LogP contribution in [0.3, 0.4) is 0 Å². The van der Waals surface area contributed by atoms with Crippen molar-refractivity contribution in [2.75, 3.05) is 0 Å². The van der Waals surface area contributed by atoms with Gasteiger partial charge in [-0.05, 0) is 38.5 Å². The molecule has 3 heteroatoms. The van der Waals surface area contributed by atoms with E-state index in [1.807, 2.05) is 26.8 Å². The van der Waals surface area contributed by atoms with E-state index < -0.39 is 0 Å². The van der Waals surface area contributed by atoms with Crippen LogP contribution in [0.5, 0.6) is 0 Å². The first-order chi connectivity index (χ1) is 8.08. The summed E-state index contributed by atoms with van der Waals surface area (Å²) < 4.78 is 10.9. The third kappa shape index (κ3) is 1.32. The van der Waals surface area contributed by atoms with Gasteiger partial charge < -0.3 is 8.83 Å². The number of benzene rings is 1. The fourth-order valence-electron chi connectivity index (χ4n) is 2.19. The summed E-state index contributed by atoms with van der Waals surface area (Å²) in [5.74, 6) is 0.903. The highest BCUT2D eigenvalue weighted by molar-refractivity contribution is 5.98. The zero-order chi connectivity index (χ0) is 12.2. The molecule has 0 spiro atoms. The highest BCUT2D eigenvalue weighted by atomic mass is 16.4. The third-order valence-corrected chi connectivity index (χ3v) is 3.28. The molecule has 3 aromatic rings. The average Bonchev–Trinajstić information content (AvgIpc) is 2.58. The Labute approximate surface area is 97.7 Å². The first-order valence-electron chi connectivity index (χ1n) is 5.51. The molecular formula is C14H12O3. The first-order valence-corrected chi connectivity index (χ1v) is 5.51. The van der Waals surface area contributed by atoms with Gasteiger partial charge in [0.1, 0.15) is 16.9 Å². The van der Waals surface area contributed by atoms with Crippen LogP contribution in [0.25, 0.3) is 21.9 Å². The van der Waals surface area contributed by atoms with Crippen LogP contribution in [-0.4, -0.2) is 0 Å². The molecule has 0 aliphatic carbocycles. The summed E-state index contributed by atoms with van der Waals surface area (Å²) in [5.41, 5.74) is 3.10. The number of hydrogen-bond acceptors (Lipinski definition) is 3. The molecule has 0 aliphatic rings. The van der Waals surface area contributed by atoms with Crippen molar-refractivity contribution >= 4 is 21.9 Å². The standard InChI is InChI=1S/C14H12O3/c1-7-9(3)16-14-8(2)13-10(6-11(7)14)4-5-12(15)17-13/h4-6H,1-3H3. The highest BCUT2D eigenvalue weighted by Gasteiger charge is 2.13. The minimum atomic E-state index is -0.333. The van der Waals surface area contributed by atoms with Crippen molar-refractivity contribution in [1.82, 2.24) is 0 Å². The summed E-state index contributed by atoms with van der Waals surface area (Å²) >= 11 is 0. The minimum absolute atomic E-state index is 0.333. The van der Waals surface area contributed by atoms with Crippen LogP contribution in [-0.2, 0) is 0 Å². The number of furan rings is 1. The van der Waals surface area contributed by atoms with Gasteiger partial charge in [-0.2, -0.15) is 0 Å². The molecule has 0 unspecified atom stereocenters. The summed E-state index contributed by atoms with van der Waals surface area (Å²) in [6, 6.07) is 5.23. The quantitative estimate of drug-likeness (QED) is 0.553. The Kier molecular flexibility index (Phi) is 1.93. The average molecular weight is 228 g/mol. The molecule has 1 aromatic carbocycles. The minimum Gasteiger partial charge on any atom is -0.461 e. The van der Waals surface area contributed by atoms with Gasteiger partial charge in [-0.3, -0.25) is 0 Å². The van der Waals surface area contributed by atoms with Crippen molar-refractivity contribution < 1.29 is 8.83 Å². The van der Waals surface area contributed by atoms with Gasteiger partial charge in [0.05, 0.1) is 0 Å². The number of fused-ring (bicyclic) bond motifs is 2. The van der Waals surface area contributed by atoms with Gasteiger partial charge >= 0.3 is 5.63 Å². The molecule has 0 saturated carbocycles. The largest absolute Gasteiger partial charge is 0.461 e. The summed E-state index contributed by atoms with van der Waals surface area (Å²) in [7, 11) is 0. The summed E-state index contributed by atoms with van der Waals surface area (Å²) in [4.78, 5) is 11.2. The molecule has 2 heterocycles. The molecule has 86 valence electrons. The predicted molar refractivity (Wildman–Crippen MR) is 66.5 cm³/mol. The summed E-state index contributed by atoms with van der Waals surface area (Å²) in [6.07, 6.45) is 0. The van der Waals surface area contributed by atoms with E-state index in [0.717, 1.165) is 33.2 Å². The molecule has 0 atom stereocenters. The van der Waals surface area contributed by atoms with Gasteiger partial charge in [0, 0.05) is 22.4 Å². The molecule has 17 heavy (non-hydrogen) atoms. The highest BCUT2D eigenvalue weighted by Crippen LogP contribution is 2.32. The summed E-state index contributed by atoms with van der Waals surface area (Å²) in [5, 5.41) is 2.01. The fourth-order valence-corrected chi connectivity index (χ4v) is 2.19. The Morgan fingerprint density at radius 1 is 0.941 bits per heavy atom.